The van der Waals surface area contributed by atoms with Gasteiger partial charge in [0.05, 0.1) is 7.11 Å². The molecule has 0 radical (unpaired) electrons. The lowest BCUT2D eigenvalue weighted by Gasteiger charge is -2.08. The molecule has 0 saturated carbocycles. The highest BCUT2D eigenvalue weighted by Crippen LogP contribution is 2.17. The second-order valence-electron chi connectivity index (χ2n) is 3.67. The van der Waals surface area contributed by atoms with E-state index in [9.17, 15) is 4.79 Å². The summed E-state index contributed by atoms with van der Waals surface area (Å²) in [4.78, 5) is 13.8. The summed E-state index contributed by atoms with van der Waals surface area (Å²) in [5.74, 6) is 1.53. The van der Waals surface area contributed by atoms with Gasteiger partial charge < -0.3 is 9.64 Å². The van der Waals surface area contributed by atoms with Crippen LogP contribution in [0.5, 0.6) is 5.75 Å². The van der Waals surface area contributed by atoms with Crippen molar-refractivity contribution in [1.29, 1.82) is 0 Å². The summed E-state index contributed by atoms with van der Waals surface area (Å²) in [5.41, 5.74) is 0.697. The van der Waals surface area contributed by atoms with Crippen LogP contribution in [0.3, 0.4) is 0 Å². The zero-order valence-electron chi connectivity index (χ0n) is 9.90. The molecule has 88 valence electrons. The monoisotopic (exact) mass is 239 g/mol. The fourth-order valence-corrected chi connectivity index (χ4v) is 2.09. The van der Waals surface area contributed by atoms with E-state index in [0.29, 0.717) is 5.56 Å². The number of rotatable bonds is 5. The molecule has 0 atom stereocenters. The Morgan fingerprint density at radius 2 is 2.19 bits per heavy atom. The Hall–Kier alpha value is -1.00. The van der Waals surface area contributed by atoms with Crippen LogP contribution in [0.1, 0.15) is 10.4 Å². The summed E-state index contributed by atoms with van der Waals surface area (Å²) in [5, 5.41) is 0.0979. The number of methoxy groups -OCH3 is 1. The van der Waals surface area contributed by atoms with Gasteiger partial charge in [0.15, 0.2) is 0 Å². The molecule has 0 saturated heterocycles. The Labute approximate surface area is 101 Å². The van der Waals surface area contributed by atoms with Crippen molar-refractivity contribution in [2.45, 2.75) is 0 Å². The van der Waals surface area contributed by atoms with E-state index < -0.39 is 0 Å². The van der Waals surface area contributed by atoms with Crippen molar-refractivity contribution in [2.24, 2.45) is 0 Å². The standard InChI is InChI=1S/C12H17NO2S/c1-13(2)7-8-16-12(14)10-5-4-6-11(9-10)15-3/h4-6,9H,7-8H2,1-3H3. The molecule has 1 aromatic carbocycles. The Kier molecular flexibility index (Phi) is 5.35. The van der Waals surface area contributed by atoms with Crippen molar-refractivity contribution < 1.29 is 9.53 Å². The predicted octanol–water partition coefficient (Wildman–Crippen LogP) is 2.13. The molecule has 0 aliphatic heterocycles. The van der Waals surface area contributed by atoms with Gasteiger partial charge in [0, 0.05) is 17.9 Å². The fraction of sp³-hybridized carbons (Fsp3) is 0.417. The molecule has 1 rings (SSSR count). The normalized spacial score (nSPS) is 10.5. The van der Waals surface area contributed by atoms with Crippen LogP contribution in [-0.4, -0.2) is 43.5 Å². The van der Waals surface area contributed by atoms with Gasteiger partial charge in [-0.3, -0.25) is 4.79 Å². The minimum absolute atomic E-state index is 0.0979. The maximum Gasteiger partial charge on any atom is 0.219 e. The van der Waals surface area contributed by atoms with Crippen LogP contribution in [0.4, 0.5) is 0 Å². The average Bonchev–Trinajstić information content (AvgIpc) is 2.28. The van der Waals surface area contributed by atoms with Crippen molar-refractivity contribution >= 4 is 16.9 Å². The third-order valence-electron chi connectivity index (χ3n) is 2.08. The van der Waals surface area contributed by atoms with Crippen molar-refractivity contribution in [3.63, 3.8) is 0 Å². The number of benzene rings is 1. The van der Waals surface area contributed by atoms with Gasteiger partial charge in [0.25, 0.3) is 0 Å². The van der Waals surface area contributed by atoms with Crippen LogP contribution < -0.4 is 4.74 Å². The minimum Gasteiger partial charge on any atom is -0.497 e. The summed E-state index contributed by atoms with van der Waals surface area (Å²) in [6.07, 6.45) is 0. The third-order valence-corrected chi connectivity index (χ3v) is 2.96. The number of carbonyl (C=O) groups excluding carboxylic acids is 1. The Balaban J connectivity index is 2.52. The molecule has 0 aliphatic rings. The molecule has 1 aromatic rings. The van der Waals surface area contributed by atoms with E-state index in [0.717, 1.165) is 18.0 Å². The number of ether oxygens (including phenoxy) is 1. The van der Waals surface area contributed by atoms with E-state index in [-0.39, 0.29) is 5.12 Å². The molecule has 0 bridgehead atoms. The quantitative estimate of drug-likeness (QED) is 0.787. The lowest BCUT2D eigenvalue weighted by molar-refractivity contribution is 0.108. The van der Waals surface area contributed by atoms with Gasteiger partial charge in [0.2, 0.25) is 5.12 Å². The molecule has 16 heavy (non-hydrogen) atoms. The van der Waals surface area contributed by atoms with Crippen molar-refractivity contribution in [1.82, 2.24) is 4.90 Å². The van der Waals surface area contributed by atoms with Crippen LogP contribution in [0.15, 0.2) is 24.3 Å². The van der Waals surface area contributed by atoms with Gasteiger partial charge in [-0.25, -0.2) is 0 Å². The van der Waals surface area contributed by atoms with Crippen LogP contribution in [0.25, 0.3) is 0 Å². The summed E-state index contributed by atoms with van der Waals surface area (Å²) in [7, 11) is 5.59. The van der Waals surface area contributed by atoms with E-state index in [4.69, 9.17) is 4.74 Å². The molecule has 0 fully saturated rings. The van der Waals surface area contributed by atoms with E-state index >= 15 is 0 Å². The molecule has 0 aliphatic carbocycles. The number of hydrogen-bond donors (Lipinski definition) is 0. The van der Waals surface area contributed by atoms with Gasteiger partial charge in [0.1, 0.15) is 5.75 Å². The lowest BCUT2D eigenvalue weighted by atomic mass is 10.2. The van der Waals surface area contributed by atoms with Crippen LogP contribution >= 0.6 is 11.8 Å². The summed E-state index contributed by atoms with van der Waals surface area (Å²) >= 11 is 1.34. The molecule has 3 nitrogen and oxygen atoms in total. The van der Waals surface area contributed by atoms with Gasteiger partial charge in [-0.05, 0) is 26.2 Å². The molecule has 0 N–H and O–H groups in total. The molecule has 4 heteroatoms. The van der Waals surface area contributed by atoms with Crippen molar-refractivity contribution in [3.05, 3.63) is 29.8 Å². The minimum atomic E-state index is 0.0979. The molecular formula is C12H17NO2S. The first kappa shape index (κ1) is 13.1. The number of thioether (sulfide) groups is 1. The van der Waals surface area contributed by atoms with Gasteiger partial charge in [-0.2, -0.15) is 0 Å². The molecule has 0 heterocycles. The van der Waals surface area contributed by atoms with E-state index in [1.54, 1.807) is 13.2 Å². The SMILES string of the molecule is COc1cccc(C(=O)SCCN(C)C)c1. The molecule has 0 amide bonds. The highest BCUT2D eigenvalue weighted by molar-refractivity contribution is 8.14. The zero-order chi connectivity index (χ0) is 12.0. The van der Waals surface area contributed by atoms with Gasteiger partial charge >= 0.3 is 0 Å². The first-order valence-electron chi connectivity index (χ1n) is 5.09. The average molecular weight is 239 g/mol. The number of carbonyl (C=O) groups is 1. The molecule has 0 spiro atoms. The van der Waals surface area contributed by atoms with Crippen LogP contribution in [0.2, 0.25) is 0 Å². The number of nitrogens with zero attached hydrogens (tertiary/aromatic N) is 1. The Morgan fingerprint density at radius 3 is 2.81 bits per heavy atom. The smallest absolute Gasteiger partial charge is 0.219 e. The molecule has 0 aromatic heterocycles. The first-order valence-corrected chi connectivity index (χ1v) is 6.08. The lowest BCUT2D eigenvalue weighted by Crippen LogP contribution is -2.15. The largest absolute Gasteiger partial charge is 0.497 e. The Morgan fingerprint density at radius 1 is 1.44 bits per heavy atom. The summed E-state index contributed by atoms with van der Waals surface area (Å²) < 4.78 is 5.08. The van der Waals surface area contributed by atoms with Crippen LogP contribution in [0, 0.1) is 0 Å². The van der Waals surface area contributed by atoms with Gasteiger partial charge in [-0.15, -0.1) is 0 Å². The second kappa shape index (κ2) is 6.55. The molecule has 0 unspecified atom stereocenters. The summed E-state index contributed by atoms with van der Waals surface area (Å²) in [6.45, 7) is 0.903. The van der Waals surface area contributed by atoms with Crippen LogP contribution in [-0.2, 0) is 0 Å². The number of hydrogen-bond acceptors (Lipinski definition) is 4. The Bertz CT molecular complexity index is 353. The maximum atomic E-state index is 11.8. The van der Waals surface area contributed by atoms with Crippen molar-refractivity contribution in [2.75, 3.05) is 33.5 Å². The van der Waals surface area contributed by atoms with Gasteiger partial charge in [-0.1, -0.05) is 23.9 Å². The topological polar surface area (TPSA) is 29.5 Å². The van der Waals surface area contributed by atoms with E-state index in [1.165, 1.54) is 11.8 Å². The molecular weight excluding hydrogens is 222 g/mol. The summed E-state index contributed by atoms with van der Waals surface area (Å²) in [6, 6.07) is 7.25. The van der Waals surface area contributed by atoms with E-state index in [2.05, 4.69) is 4.90 Å². The highest BCUT2D eigenvalue weighted by Gasteiger charge is 2.07. The first-order chi connectivity index (χ1) is 7.63. The predicted molar refractivity (Wildman–Crippen MR) is 68.3 cm³/mol. The van der Waals surface area contributed by atoms with E-state index in [1.807, 2.05) is 32.3 Å². The zero-order valence-corrected chi connectivity index (χ0v) is 10.7. The second-order valence-corrected chi connectivity index (χ2v) is 4.74. The highest BCUT2D eigenvalue weighted by atomic mass is 32.2. The maximum absolute atomic E-state index is 11.8. The fourth-order valence-electron chi connectivity index (χ4n) is 1.15. The third kappa shape index (κ3) is 4.24. The van der Waals surface area contributed by atoms with Crippen molar-refractivity contribution in [3.8, 4) is 5.75 Å².